The average molecular weight is 128 g/mol. The van der Waals surface area contributed by atoms with Gasteiger partial charge in [-0.05, 0) is 11.8 Å². The summed E-state index contributed by atoms with van der Waals surface area (Å²) in [5.74, 6) is 1.85. The van der Waals surface area contributed by atoms with Gasteiger partial charge >= 0.3 is 0 Å². The second kappa shape index (κ2) is 4.84. The lowest BCUT2D eigenvalue weighted by molar-refractivity contribution is 0.352. The van der Waals surface area contributed by atoms with Crippen LogP contribution in [-0.4, -0.2) is 0 Å². The zero-order valence-electron chi connectivity index (χ0n) is 7.28. The Hall–Kier alpha value is 0. The molecule has 0 N–H and O–H groups in total. The van der Waals surface area contributed by atoms with Gasteiger partial charge < -0.3 is 0 Å². The van der Waals surface area contributed by atoms with Gasteiger partial charge in [0.15, 0.2) is 0 Å². The van der Waals surface area contributed by atoms with Gasteiger partial charge in [-0.1, -0.05) is 47.0 Å². The summed E-state index contributed by atoms with van der Waals surface area (Å²) in [7, 11) is 0. The molecule has 0 saturated heterocycles. The fraction of sp³-hybridized carbons (Fsp3) is 1.00. The van der Waals surface area contributed by atoms with Crippen LogP contribution in [0.15, 0.2) is 0 Å². The molecule has 0 aromatic rings. The highest BCUT2D eigenvalue weighted by atomic mass is 14.1. The molecule has 0 aliphatic rings. The van der Waals surface area contributed by atoms with E-state index >= 15 is 0 Å². The van der Waals surface area contributed by atoms with Gasteiger partial charge in [0.25, 0.3) is 0 Å². The predicted octanol–water partition coefficient (Wildman–Crippen LogP) is 3.47. The standard InChI is InChI=1S/C9H20/c1-5-7-9(4)8(3)6-2/h8-9H,5-7H2,1-4H3/t8-,9-/m0/s1. The molecule has 56 valence electrons. The van der Waals surface area contributed by atoms with Crippen molar-refractivity contribution in [3.63, 3.8) is 0 Å². The SMILES string of the molecule is CCC[C@H](C)[C@@H](C)CC. The average Bonchev–Trinajstić information content (AvgIpc) is 1.87. The summed E-state index contributed by atoms with van der Waals surface area (Å²) in [5.41, 5.74) is 0. The van der Waals surface area contributed by atoms with Crippen LogP contribution >= 0.6 is 0 Å². The Morgan fingerprint density at radius 1 is 1.00 bits per heavy atom. The van der Waals surface area contributed by atoms with E-state index in [0.717, 1.165) is 11.8 Å². The molecule has 0 aromatic carbocycles. The lowest BCUT2D eigenvalue weighted by Crippen LogP contribution is -2.05. The molecule has 0 radical (unpaired) electrons. The Morgan fingerprint density at radius 2 is 1.56 bits per heavy atom. The van der Waals surface area contributed by atoms with Gasteiger partial charge in [-0.3, -0.25) is 0 Å². The van der Waals surface area contributed by atoms with E-state index < -0.39 is 0 Å². The quantitative estimate of drug-likeness (QED) is 0.544. The second-order valence-corrected chi connectivity index (χ2v) is 3.15. The van der Waals surface area contributed by atoms with Gasteiger partial charge in [0.2, 0.25) is 0 Å². The molecule has 0 unspecified atom stereocenters. The minimum atomic E-state index is 0.921. The molecule has 0 saturated carbocycles. The highest BCUT2D eigenvalue weighted by molar-refractivity contribution is 4.58. The van der Waals surface area contributed by atoms with Crippen molar-refractivity contribution in [1.29, 1.82) is 0 Å². The van der Waals surface area contributed by atoms with E-state index in [2.05, 4.69) is 27.7 Å². The third-order valence-electron chi connectivity index (χ3n) is 2.36. The van der Waals surface area contributed by atoms with Gasteiger partial charge in [-0.15, -0.1) is 0 Å². The Bertz CT molecular complexity index is 57.1. The van der Waals surface area contributed by atoms with Crippen LogP contribution in [0.3, 0.4) is 0 Å². The van der Waals surface area contributed by atoms with Gasteiger partial charge in [-0.25, -0.2) is 0 Å². The lowest BCUT2D eigenvalue weighted by atomic mass is 9.90. The molecule has 0 rings (SSSR count). The van der Waals surface area contributed by atoms with Crippen LogP contribution in [0, 0.1) is 11.8 Å². The topological polar surface area (TPSA) is 0 Å². The molecule has 0 fully saturated rings. The molecule has 0 spiro atoms. The first-order valence-corrected chi connectivity index (χ1v) is 4.22. The maximum Gasteiger partial charge on any atom is -0.0417 e. The molecular weight excluding hydrogens is 108 g/mol. The van der Waals surface area contributed by atoms with E-state index in [4.69, 9.17) is 0 Å². The summed E-state index contributed by atoms with van der Waals surface area (Å²) in [6, 6.07) is 0. The minimum absolute atomic E-state index is 0.921. The zero-order chi connectivity index (χ0) is 7.28. The van der Waals surface area contributed by atoms with Crippen LogP contribution in [0.25, 0.3) is 0 Å². The van der Waals surface area contributed by atoms with Crippen LogP contribution in [-0.2, 0) is 0 Å². The van der Waals surface area contributed by atoms with E-state index in [1.165, 1.54) is 19.3 Å². The van der Waals surface area contributed by atoms with E-state index in [-0.39, 0.29) is 0 Å². The van der Waals surface area contributed by atoms with Gasteiger partial charge in [0.1, 0.15) is 0 Å². The summed E-state index contributed by atoms with van der Waals surface area (Å²) in [5, 5.41) is 0. The Morgan fingerprint density at radius 3 is 1.89 bits per heavy atom. The first kappa shape index (κ1) is 9.00. The molecule has 0 nitrogen and oxygen atoms in total. The smallest absolute Gasteiger partial charge is 0.0417 e. The van der Waals surface area contributed by atoms with E-state index in [1.807, 2.05) is 0 Å². The van der Waals surface area contributed by atoms with Crippen molar-refractivity contribution in [3.8, 4) is 0 Å². The van der Waals surface area contributed by atoms with Crippen LogP contribution < -0.4 is 0 Å². The molecular formula is C9H20. The van der Waals surface area contributed by atoms with Crippen LogP contribution in [0.1, 0.15) is 47.0 Å². The number of hydrogen-bond acceptors (Lipinski definition) is 0. The molecule has 0 aromatic heterocycles. The summed E-state index contributed by atoms with van der Waals surface area (Å²) < 4.78 is 0. The first-order valence-electron chi connectivity index (χ1n) is 4.22. The van der Waals surface area contributed by atoms with Crippen LogP contribution in [0.2, 0.25) is 0 Å². The van der Waals surface area contributed by atoms with Gasteiger partial charge in [0.05, 0.1) is 0 Å². The first-order chi connectivity index (χ1) is 4.22. The monoisotopic (exact) mass is 128 g/mol. The molecule has 2 atom stereocenters. The molecule has 0 heterocycles. The second-order valence-electron chi connectivity index (χ2n) is 3.15. The normalized spacial score (nSPS) is 17.3. The van der Waals surface area contributed by atoms with Gasteiger partial charge in [-0.2, -0.15) is 0 Å². The van der Waals surface area contributed by atoms with Crippen molar-refractivity contribution in [3.05, 3.63) is 0 Å². The summed E-state index contributed by atoms with van der Waals surface area (Å²) in [6.45, 7) is 9.24. The van der Waals surface area contributed by atoms with Crippen molar-refractivity contribution in [2.45, 2.75) is 47.0 Å². The molecule has 0 aliphatic heterocycles. The van der Waals surface area contributed by atoms with Crippen LogP contribution in [0.5, 0.6) is 0 Å². The molecule has 0 heteroatoms. The van der Waals surface area contributed by atoms with Crippen molar-refractivity contribution in [2.75, 3.05) is 0 Å². The Balaban J connectivity index is 3.32. The maximum absolute atomic E-state index is 2.36. The third kappa shape index (κ3) is 3.56. The van der Waals surface area contributed by atoms with E-state index in [0.29, 0.717) is 0 Å². The molecule has 0 amide bonds. The van der Waals surface area contributed by atoms with Crippen molar-refractivity contribution in [2.24, 2.45) is 11.8 Å². The third-order valence-corrected chi connectivity index (χ3v) is 2.36. The fourth-order valence-electron chi connectivity index (χ4n) is 1.14. The Labute approximate surface area is 59.7 Å². The fourth-order valence-corrected chi connectivity index (χ4v) is 1.14. The largest absolute Gasteiger partial charge is 0.0654 e. The number of rotatable bonds is 4. The summed E-state index contributed by atoms with van der Waals surface area (Å²) in [4.78, 5) is 0. The molecule has 9 heavy (non-hydrogen) atoms. The molecule has 0 bridgehead atoms. The van der Waals surface area contributed by atoms with E-state index in [1.54, 1.807) is 0 Å². The predicted molar refractivity (Wildman–Crippen MR) is 43.5 cm³/mol. The van der Waals surface area contributed by atoms with Crippen molar-refractivity contribution in [1.82, 2.24) is 0 Å². The lowest BCUT2D eigenvalue weighted by Gasteiger charge is -2.16. The highest BCUT2D eigenvalue weighted by Crippen LogP contribution is 2.18. The number of hydrogen-bond donors (Lipinski definition) is 0. The van der Waals surface area contributed by atoms with Gasteiger partial charge in [0, 0.05) is 0 Å². The van der Waals surface area contributed by atoms with Crippen molar-refractivity contribution < 1.29 is 0 Å². The molecule has 0 aliphatic carbocycles. The summed E-state index contributed by atoms with van der Waals surface area (Å²) >= 11 is 0. The zero-order valence-corrected chi connectivity index (χ0v) is 7.28. The van der Waals surface area contributed by atoms with Crippen LogP contribution in [0.4, 0.5) is 0 Å². The highest BCUT2D eigenvalue weighted by Gasteiger charge is 2.07. The summed E-state index contributed by atoms with van der Waals surface area (Å²) in [6.07, 6.45) is 4.07. The van der Waals surface area contributed by atoms with Crippen molar-refractivity contribution >= 4 is 0 Å². The minimum Gasteiger partial charge on any atom is -0.0654 e. The Kier molecular flexibility index (Phi) is 4.84. The van der Waals surface area contributed by atoms with E-state index in [9.17, 15) is 0 Å². The maximum atomic E-state index is 2.36.